The van der Waals surface area contributed by atoms with Gasteiger partial charge >= 0.3 is 0 Å². The molecule has 3 heteroatoms. The highest BCUT2D eigenvalue weighted by Gasteiger charge is 2.19. The van der Waals surface area contributed by atoms with Crippen LogP contribution in [0.3, 0.4) is 0 Å². The first-order valence-electron chi connectivity index (χ1n) is 6.44. The van der Waals surface area contributed by atoms with Crippen LogP contribution in [0.15, 0.2) is 24.3 Å². The van der Waals surface area contributed by atoms with Crippen LogP contribution in [0.4, 0.5) is 0 Å². The minimum atomic E-state index is -0.0158. The van der Waals surface area contributed by atoms with Crippen molar-refractivity contribution in [3.8, 4) is 0 Å². The molecule has 0 aromatic heterocycles. The Morgan fingerprint density at radius 1 is 1.22 bits per heavy atom. The lowest BCUT2D eigenvalue weighted by Gasteiger charge is -2.27. The lowest BCUT2D eigenvalue weighted by atomic mass is 10.1. The normalized spacial score (nSPS) is 13.9. The molecule has 1 aromatic carbocycles. The average molecular weight is 270 g/mol. The van der Waals surface area contributed by atoms with E-state index in [0.717, 1.165) is 17.1 Å². The highest BCUT2D eigenvalue weighted by atomic mass is 35.5. The summed E-state index contributed by atoms with van der Waals surface area (Å²) in [7, 11) is 0. The third-order valence-corrected chi connectivity index (χ3v) is 2.85. The van der Waals surface area contributed by atoms with E-state index >= 15 is 0 Å². The third-order valence-electron chi connectivity index (χ3n) is 2.51. The van der Waals surface area contributed by atoms with Crippen molar-refractivity contribution in [2.24, 2.45) is 0 Å². The van der Waals surface area contributed by atoms with Gasteiger partial charge < -0.3 is 10.1 Å². The lowest BCUT2D eigenvalue weighted by Crippen LogP contribution is -2.39. The first-order chi connectivity index (χ1) is 8.29. The Hall–Kier alpha value is -0.570. The van der Waals surface area contributed by atoms with Gasteiger partial charge in [-0.2, -0.15) is 0 Å². The summed E-state index contributed by atoms with van der Waals surface area (Å²) >= 11 is 6.24. The summed E-state index contributed by atoms with van der Waals surface area (Å²) in [4.78, 5) is 0. The Morgan fingerprint density at radius 2 is 1.83 bits per heavy atom. The highest BCUT2D eigenvalue weighted by molar-refractivity contribution is 6.31. The molecule has 0 saturated heterocycles. The number of nitrogens with one attached hydrogen (secondary N) is 1. The van der Waals surface area contributed by atoms with Gasteiger partial charge in [-0.3, -0.25) is 0 Å². The van der Waals surface area contributed by atoms with E-state index in [0.29, 0.717) is 0 Å². The Kier molecular flexibility index (Phi) is 5.64. The molecule has 0 aliphatic carbocycles. The number of benzene rings is 1. The topological polar surface area (TPSA) is 21.3 Å². The molecule has 0 heterocycles. The first kappa shape index (κ1) is 15.5. The molecule has 0 saturated carbocycles. The molecule has 0 amide bonds. The van der Waals surface area contributed by atoms with Crippen LogP contribution in [-0.2, 0) is 4.74 Å². The molecular weight excluding hydrogens is 246 g/mol. The van der Waals surface area contributed by atoms with E-state index in [1.807, 2.05) is 38.1 Å². The summed E-state index contributed by atoms with van der Waals surface area (Å²) in [5.74, 6) is 0. The van der Waals surface area contributed by atoms with Crippen LogP contribution in [-0.4, -0.2) is 18.2 Å². The third kappa shape index (κ3) is 5.38. The van der Waals surface area contributed by atoms with Gasteiger partial charge in [-0.15, -0.1) is 0 Å². The van der Waals surface area contributed by atoms with Crippen molar-refractivity contribution in [1.29, 1.82) is 0 Å². The molecule has 18 heavy (non-hydrogen) atoms. The molecule has 1 atom stereocenters. The highest BCUT2D eigenvalue weighted by Crippen LogP contribution is 2.26. The predicted octanol–water partition coefficient (Wildman–Crippen LogP) is 4.19. The minimum Gasteiger partial charge on any atom is -0.369 e. The number of hydrogen-bond acceptors (Lipinski definition) is 2. The quantitative estimate of drug-likeness (QED) is 0.865. The molecule has 0 aliphatic rings. The molecule has 1 unspecified atom stereocenters. The maximum Gasteiger partial charge on any atom is 0.0967 e. The van der Waals surface area contributed by atoms with Gasteiger partial charge in [0.15, 0.2) is 0 Å². The monoisotopic (exact) mass is 269 g/mol. The van der Waals surface area contributed by atoms with Crippen LogP contribution in [0.25, 0.3) is 0 Å². The number of ether oxygens (including phenoxy) is 1. The van der Waals surface area contributed by atoms with Crippen molar-refractivity contribution >= 4 is 11.6 Å². The van der Waals surface area contributed by atoms with Crippen LogP contribution in [0, 0.1) is 0 Å². The maximum atomic E-state index is 6.24. The standard InChI is InChI=1S/C15H24ClNO/c1-11(2)18-14(10-17-15(3,4)5)12-8-6-7-9-13(12)16/h6-9,11,14,17H,10H2,1-5H3. The summed E-state index contributed by atoms with van der Waals surface area (Å²) < 4.78 is 5.97. The van der Waals surface area contributed by atoms with Crippen molar-refractivity contribution in [1.82, 2.24) is 5.32 Å². The minimum absolute atomic E-state index is 0.0158. The first-order valence-corrected chi connectivity index (χ1v) is 6.82. The predicted molar refractivity (Wildman–Crippen MR) is 78.2 cm³/mol. The Morgan fingerprint density at radius 3 is 2.33 bits per heavy atom. The Balaban J connectivity index is 2.82. The van der Waals surface area contributed by atoms with Gasteiger partial charge in [0.2, 0.25) is 0 Å². The second kappa shape index (κ2) is 6.55. The van der Waals surface area contributed by atoms with Crippen LogP contribution in [0.1, 0.15) is 46.3 Å². The zero-order chi connectivity index (χ0) is 13.8. The van der Waals surface area contributed by atoms with Gasteiger partial charge in [-0.05, 0) is 40.7 Å². The van der Waals surface area contributed by atoms with Crippen LogP contribution in [0.2, 0.25) is 5.02 Å². The van der Waals surface area contributed by atoms with E-state index in [1.54, 1.807) is 0 Å². The van der Waals surface area contributed by atoms with Crippen LogP contribution in [0.5, 0.6) is 0 Å². The molecule has 0 aliphatic heterocycles. The van der Waals surface area contributed by atoms with Crippen LogP contribution < -0.4 is 5.32 Å². The summed E-state index contributed by atoms with van der Waals surface area (Å²) in [5.41, 5.74) is 1.12. The summed E-state index contributed by atoms with van der Waals surface area (Å²) in [6.07, 6.45) is 0.158. The zero-order valence-electron chi connectivity index (χ0n) is 12.0. The molecule has 2 nitrogen and oxygen atoms in total. The van der Waals surface area contributed by atoms with Crippen molar-refractivity contribution in [2.45, 2.75) is 52.4 Å². The van der Waals surface area contributed by atoms with Crippen LogP contribution >= 0.6 is 11.6 Å². The molecule has 0 bridgehead atoms. The second-order valence-corrected chi connectivity index (χ2v) is 6.23. The van der Waals surface area contributed by atoms with Crippen molar-refractivity contribution in [3.05, 3.63) is 34.9 Å². The molecule has 0 fully saturated rings. The van der Waals surface area contributed by atoms with Gasteiger partial charge in [0, 0.05) is 22.7 Å². The molecule has 1 rings (SSSR count). The molecule has 0 radical (unpaired) electrons. The van der Waals surface area contributed by atoms with Crippen molar-refractivity contribution < 1.29 is 4.74 Å². The molecule has 1 N–H and O–H groups in total. The Bertz CT molecular complexity index is 371. The second-order valence-electron chi connectivity index (χ2n) is 5.83. The smallest absolute Gasteiger partial charge is 0.0967 e. The maximum absolute atomic E-state index is 6.24. The fraction of sp³-hybridized carbons (Fsp3) is 0.600. The molecular formula is C15H24ClNO. The SMILES string of the molecule is CC(C)OC(CNC(C)(C)C)c1ccccc1Cl. The Labute approximate surface area is 116 Å². The van der Waals surface area contributed by atoms with E-state index < -0.39 is 0 Å². The largest absolute Gasteiger partial charge is 0.369 e. The van der Waals surface area contributed by atoms with Gasteiger partial charge in [0.1, 0.15) is 0 Å². The number of rotatable bonds is 5. The van der Waals surface area contributed by atoms with E-state index in [2.05, 4.69) is 26.1 Å². The van der Waals surface area contributed by atoms with Gasteiger partial charge in [0.05, 0.1) is 12.2 Å². The van der Waals surface area contributed by atoms with Crippen molar-refractivity contribution in [2.75, 3.05) is 6.54 Å². The fourth-order valence-electron chi connectivity index (χ4n) is 1.70. The summed E-state index contributed by atoms with van der Waals surface area (Å²) in [5, 5.41) is 4.23. The number of halogens is 1. The summed E-state index contributed by atoms with van der Waals surface area (Å²) in [6, 6.07) is 7.87. The molecule has 102 valence electrons. The molecule has 1 aromatic rings. The lowest BCUT2D eigenvalue weighted by molar-refractivity contribution is 0.00411. The van der Waals surface area contributed by atoms with Gasteiger partial charge in [-0.1, -0.05) is 29.8 Å². The fourth-order valence-corrected chi connectivity index (χ4v) is 1.95. The van der Waals surface area contributed by atoms with Gasteiger partial charge in [-0.25, -0.2) is 0 Å². The molecule has 0 spiro atoms. The summed E-state index contributed by atoms with van der Waals surface area (Å²) in [6.45, 7) is 11.3. The van der Waals surface area contributed by atoms with Gasteiger partial charge in [0.25, 0.3) is 0 Å². The van der Waals surface area contributed by atoms with E-state index in [-0.39, 0.29) is 17.7 Å². The zero-order valence-corrected chi connectivity index (χ0v) is 12.7. The van der Waals surface area contributed by atoms with E-state index in [9.17, 15) is 0 Å². The number of hydrogen-bond donors (Lipinski definition) is 1. The average Bonchev–Trinajstić information content (AvgIpc) is 2.23. The van der Waals surface area contributed by atoms with E-state index in [4.69, 9.17) is 16.3 Å². The van der Waals surface area contributed by atoms with Crippen molar-refractivity contribution in [3.63, 3.8) is 0 Å². The van der Waals surface area contributed by atoms with E-state index in [1.165, 1.54) is 0 Å².